The molecule has 0 radical (unpaired) electrons. The first-order valence-electron chi connectivity index (χ1n) is 6.71. The summed E-state index contributed by atoms with van der Waals surface area (Å²) in [5.41, 5.74) is 8.96. The van der Waals surface area contributed by atoms with Gasteiger partial charge in [-0.3, -0.25) is 0 Å². The van der Waals surface area contributed by atoms with Crippen LogP contribution in [0.3, 0.4) is 0 Å². The number of hydrogen-bond acceptors (Lipinski definition) is 0. The Morgan fingerprint density at radius 3 is 1.67 bits per heavy atom. The molecule has 0 amide bonds. The average Bonchev–Trinajstić information content (AvgIpc) is 2.71. The molecule has 0 aliphatic heterocycles. The van der Waals surface area contributed by atoms with Crippen LogP contribution in [0.1, 0.15) is 39.7 Å². The standard InChI is InChI=1S/C17H17.Zr/c1-3-12-5-7-16-14(9-12)11-15-10-13(4-2)6-8-17(15)16;/h5-11H,3-4H2,1-2H3;. The summed E-state index contributed by atoms with van der Waals surface area (Å²) in [5.74, 6) is 0. The van der Waals surface area contributed by atoms with Gasteiger partial charge in [0.1, 0.15) is 0 Å². The van der Waals surface area contributed by atoms with Gasteiger partial charge in [-0.2, -0.15) is 0 Å². The normalized spacial score (nSPS) is 13.4. The molecule has 0 saturated heterocycles. The molecule has 1 aliphatic carbocycles. The van der Waals surface area contributed by atoms with Crippen molar-refractivity contribution in [3.8, 4) is 11.1 Å². The zero-order chi connectivity index (χ0) is 12.7. The van der Waals surface area contributed by atoms with E-state index in [1.54, 1.807) is 35.8 Å². The first kappa shape index (κ1) is 12.4. The van der Waals surface area contributed by atoms with Gasteiger partial charge in [-0.1, -0.05) is 0 Å². The average molecular weight is 313 g/mol. The molecule has 0 aromatic heterocycles. The predicted octanol–water partition coefficient (Wildman–Crippen LogP) is 4.43. The topological polar surface area (TPSA) is 0 Å². The molecule has 2 aromatic rings. The Morgan fingerprint density at radius 1 is 0.833 bits per heavy atom. The van der Waals surface area contributed by atoms with Gasteiger partial charge in [-0.15, -0.1) is 0 Å². The van der Waals surface area contributed by atoms with E-state index in [9.17, 15) is 0 Å². The van der Waals surface area contributed by atoms with Crippen LogP contribution in [-0.4, -0.2) is 0 Å². The van der Waals surface area contributed by atoms with E-state index >= 15 is 0 Å². The predicted molar refractivity (Wildman–Crippen MR) is 72.5 cm³/mol. The van der Waals surface area contributed by atoms with Crippen LogP contribution in [0.4, 0.5) is 0 Å². The SMILES string of the molecule is CCc1ccc2c(c1)[CH]([Zr])c1cc(CC)ccc1-2. The number of aryl methyl sites for hydroxylation is 2. The van der Waals surface area contributed by atoms with Crippen LogP contribution in [0, 0.1) is 0 Å². The van der Waals surface area contributed by atoms with Gasteiger partial charge in [0.25, 0.3) is 0 Å². The summed E-state index contributed by atoms with van der Waals surface area (Å²) in [6, 6.07) is 14.0. The molecule has 0 unspecified atom stereocenters. The number of rotatable bonds is 2. The summed E-state index contributed by atoms with van der Waals surface area (Å²) in [4.78, 5) is 0. The Bertz CT molecular complexity index is 545. The monoisotopic (exact) mass is 311 g/mol. The molecule has 18 heavy (non-hydrogen) atoms. The number of fused-ring (bicyclic) bond motifs is 3. The summed E-state index contributed by atoms with van der Waals surface area (Å²) in [7, 11) is 0. The Labute approximate surface area is 124 Å². The van der Waals surface area contributed by atoms with Crippen LogP contribution in [-0.2, 0) is 37.6 Å². The molecule has 0 bridgehead atoms. The van der Waals surface area contributed by atoms with Gasteiger partial charge >= 0.3 is 125 Å². The quantitative estimate of drug-likeness (QED) is 0.769. The molecule has 0 heterocycles. The number of hydrogen-bond donors (Lipinski definition) is 0. The zero-order valence-electron chi connectivity index (χ0n) is 11.0. The van der Waals surface area contributed by atoms with Crippen LogP contribution >= 0.6 is 0 Å². The molecule has 0 spiro atoms. The van der Waals surface area contributed by atoms with Crippen LogP contribution < -0.4 is 0 Å². The van der Waals surface area contributed by atoms with Crippen LogP contribution in [0.25, 0.3) is 11.1 Å². The van der Waals surface area contributed by atoms with Crippen LogP contribution in [0.15, 0.2) is 36.4 Å². The molecule has 89 valence electrons. The van der Waals surface area contributed by atoms with Crippen LogP contribution in [0.2, 0.25) is 0 Å². The van der Waals surface area contributed by atoms with E-state index in [2.05, 4.69) is 50.2 Å². The second kappa shape index (κ2) is 4.78. The summed E-state index contributed by atoms with van der Waals surface area (Å²) < 4.78 is 0.639. The van der Waals surface area contributed by atoms with Crippen molar-refractivity contribution < 1.29 is 24.7 Å². The molecule has 0 saturated carbocycles. The fraction of sp³-hybridized carbons (Fsp3) is 0.294. The third-order valence-electron chi connectivity index (χ3n) is 3.96. The van der Waals surface area contributed by atoms with Crippen molar-refractivity contribution >= 4 is 0 Å². The summed E-state index contributed by atoms with van der Waals surface area (Å²) in [5, 5.41) is 0. The first-order valence-corrected chi connectivity index (χ1v) is 8.13. The van der Waals surface area contributed by atoms with Crippen molar-refractivity contribution in [2.24, 2.45) is 0 Å². The van der Waals surface area contributed by atoms with E-state index < -0.39 is 0 Å². The Morgan fingerprint density at radius 2 is 1.28 bits per heavy atom. The molecule has 2 aromatic carbocycles. The Hall–Kier alpha value is -0.677. The minimum absolute atomic E-state index is 0.639. The fourth-order valence-corrected chi connectivity index (χ4v) is 3.97. The van der Waals surface area contributed by atoms with Gasteiger partial charge in [-0.05, 0) is 0 Å². The molecule has 1 aliphatic rings. The van der Waals surface area contributed by atoms with Gasteiger partial charge in [0.05, 0.1) is 0 Å². The molecule has 0 N–H and O–H groups in total. The number of benzene rings is 2. The zero-order valence-corrected chi connectivity index (χ0v) is 13.4. The molecule has 0 fully saturated rings. The van der Waals surface area contributed by atoms with Crippen molar-refractivity contribution in [3.05, 3.63) is 58.7 Å². The minimum atomic E-state index is 0.639. The molecular formula is C17H17Zr. The van der Waals surface area contributed by atoms with Gasteiger partial charge in [0.15, 0.2) is 0 Å². The van der Waals surface area contributed by atoms with E-state index in [4.69, 9.17) is 0 Å². The van der Waals surface area contributed by atoms with Crippen molar-refractivity contribution in [1.82, 2.24) is 0 Å². The third-order valence-corrected chi connectivity index (χ3v) is 5.49. The summed E-state index contributed by atoms with van der Waals surface area (Å²) in [6.45, 7) is 4.47. The van der Waals surface area contributed by atoms with Gasteiger partial charge in [-0.25, -0.2) is 0 Å². The second-order valence-corrected chi connectivity index (χ2v) is 6.40. The molecule has 0 atom stereocenters. The van der Waals surface area contributed by atoms with Crippen LogP contribution in [0.5, 0.6) is 0 Å². The second-order valence-electron chi connectivity index (χ2n) is 4.98. The summed E-state index contributed by atoms with van der Waals surface area (Å²) in [6.07, 6.45) is 2.26. The first-order chi connectivity index (χ1) is 8.74. The van der Waals surface area contributed by atoms with E-state index in [0.29, 0.717) is 3.63 Å². The van der Waals surface area contributed by atoms with E-state index in [1.807, 2.05) is 0 Å². The van der Waals surface area contributed by atoms with Gasteiger partial charge in [0.2, 0.25) is 0 Å². The molecular weight excluding hydrogens is 295 g/mol. The van der Waals surface area contributed by atoms with Crippen molar-refractivity contribution in [2.45, 2.75) is 30.3 Å². The van der Waals surface area contributed by atoms with E-state index in [-0.39, 0.29) is 0 Å². The maximum absolute atomic E-state index is 2.42. The molecule has 0 nitrogen and oxygen atoms in total. The Balaban J connectivity index is 2.17. The summed E-state index contributed by atoms with van der Waals surface area (Å²) >= 11 is 1.60. The van der Waals surface area contributed by atoms with Crippen molar-refractivity contribution in [3.63, 3.8) is 0 Å². The molecule has 1 heteroatoms. The van der Waals surface area contributed by atoms with Gasteiger partial charge in [0, 0.05) is 0 Å². The fourth-order valence-electron chi connectivity index (χ4n) is 2.80. The molecule has 3 rings (SSSR count). The third kappa shape index (κ3) is 1.84. The van der Waals surface area contributed by atoms with E-state index in [0.717, 1.165) is 12.8 Å². The van der Waals surface area contributed by atoms with Gasteiger partial charge < -0.3 is 0 Å². The Kier molecular flexibility index (Phi) is 3.28. The van der Waals surface area contributed by atoms with E-state index in [1.165, 1.54) is 22.3 Å². The van der Waals surface area contributed by atoms with Crippen molar-refractivity contribution in [2.75, 3.05) is 0 Å². The maximum atomic E-state index is 2.42. The van der Waals surface area contributed by atoms with Crippen molar-refractivity contribution in [1.29, 1.82) is 0 Å².